The Bertz CT molecular complexity index is 710. The molecule has 0 spiro atoms. The van der Waals surface area contributed by atoms with Crippen molar-refractivity contribution in [1.82, 2.24) is 9.47 Å². The van der Waals surface area contributed by atoms with Crippen molar-refractivity contribution in [3.63, 3.8) is 0 Å². The lowest BCUT2D eigenvalue weighted by molar-refractivity contribution is -0.117. The van der Waals surface area contributed by atoms with Crippen LogP contribution in [0.25, 0.3) is 0 Å². The zero-order chi connectivity index (χ0) is 16.4. The van der Waals surface area contributed by atoms with Gasteiger partial charge in [0, 0.05) is 29.1 Å². The van der Waals surface area contributed by atoms with Gasteiger partial charge < -0.3 is 9.88 Å². The molecule has 1 aromatic carbocycles. The van der Waals surface area contributed by atoms with Crippen molar-refractivity contribution < 1.29 is 4.79 Å². The maximum absolute atomic E-state index is 12.4. The number of nitrogens with one attached hydrogen (secondary N) is 1. The molecule has 23 heavy (non-hydrogen) atoms. The molecule has 1 fully saturated rings. The van der Waals surface area contributed by atoms with E-state index in [1.807, 2.05) is 25.1 Å². The summed E-state index contributed by atoms with van der Waals surface area (Å²) >= 11 is 3.50. The van der Waals surface area contributed by atoms with Gasteiger partial charge in [0.2, 0.25) is 5.91 Å². The lowest BCUT2D eigenvalue weighted by atomic mass is 10.1. The molecule has 1 atom stereocenters. The van der Waals surface area contributed by atoms with Gasteiger partial charge in [-0.15, -0.1) is 0 Å². The Morgan fingerprint density at radius 2 is 2.22 bits per heavy atom. The van der Waals surface area contributed by atoms with E-state index < -0.39 is 0 Å². The number of aryl methyl sites for hydroxylation is 2. The average Bonchev–Trinajstić information content (AvgIpc) is 3.11. The molecule has 0 bridgehead atoms. The Labute approximate surface area is 145 Å². The molecular weight excluding hydrogens is 354 g/mol. The van der Waals surface area contributed by atoms with Crippen LogP contribution in [0.1, 0.15) is 30.1 Å². The highest BCUT2D eigenvalue weighted by molar-refractivity contribution is 9.10. The van der Waals surface area contributed by atoms with Crippen molar-refractivity contribution in [3.05, 3.63) is 52.3 Å². The number of halogens is 1. The van der Waals surface area contributed by atoms with E-state index in [0.717, 1.165) is 35.1 Å². The molecule has 1 aromatic heterocycles. The van der Waals surface area contributed by atoms with Crippen molar-refractivity contribution >= 4 is 27.5 Å². The van der Waals surface area contributed by atoms with Gasteiger partial charge in [0.25, 0.3) is 0 Å². The van der Waals surface area contributed by atoms with Crippen LogP contribution in [-0.4, -0.2) is 28.5 Å². The summed E-state index contributed by atoms with van der Waals surface area (Å²) in [7, 11) is 2.07. The van der Waals surface area contributed by atoms with Gasteiger partial charge >= 0.3 is 0 Å². The number of carbonyl (C=O) groups is 1. The minimum Gasteiger partial charge on any atom is -0.353 e. The fourth-order valence-electron chi connectivity index (χ4n) is 3.23. The van der Waals surface area contributed by atoms with Crippen LogP contribution in [0.15, 0.2) is 41.0 Å². The summed E-state index contributed by atoms with van der Waals surface area (Å²) in [6.07, 6.45) is 4.32. The Hall–Kier alpha value is -1.59. The molecule has 2 heterocycles. The molecular formula is C18H22BrN3O. The maximum atomic E-state index is 12.4. The van der Waals surface area contributed by atoms with Crippen LogP contribution in [0.3, 0.4) is 0 Å². The molecule has 2 aromatic rings. The zero-order valence-corrected chi connectivity index (χ0v) is 15.1. The second-order valence-electron chi connectivity index (χ2n) is 6.18. The fraction of sp³-hybridized carbons (Fsp3) is 0.389. The third-order valence-corrected chi connectivity index (χ3v) is 5.35. The maximum Gasteiger partial charge on any atom is 0.238 e. The van der Waals surface area contributed by atoms with E-state index in [0.29, 0.717) is 12.6 Å². The van der Waals surface area contributed by atoms with Gasteiger partial charge in [0.1, 0.15) is 0 Å². The summed E-state index contributed by atoms with van der Waals surface area (Å²) in [5, 5.41) is 3.00. The van der Waals surface area contributed by atoms with Crippen molar-refractivity contribution in [2.24, 2.45) is 7.05 Å². The van der Waals surface area contributed by atoms with E-state index >= 15 is 0 Å². The first-order chi connectivity index (χ1) is 11.0. The highest BCUT2D eigenvalue weighted by Gasteiger charge is 2.28. The predicted octanol–water partition coefficient (Wildman–Crippen LogP) is 3.87. The Kier molecular flexibility index (Phi) is 4.87. The average molecular weight is 376 g/mol. The fourth-order valence-corrected chi connectivity index (χ4v) is 3.61. The Balaban J connectivity index is 1.65. The van der Waals surface area contributed by atoms with E-state index in [2.05, 4.69) is 56.1 Å². The number of amides is 1. The summed E-state index contributed by atoms with van der Waals surface area (Å²) in [6.45, 7) is 3.44. The van der Waals surface area contributed by atoms with Crippen molar-refractivity contribution in [2.45, 2.75) is 25.8 Å². The number of nitrogens with zero attached hydrogens (tertiary/aromatic N) is 2. The van der Waals surface area contributed by atoms with Crippen LogP contribution < -0.4 is 5.32 Å². The summed E-state index contributed by atoms with van der Waals surface area (Å²) in [5.74, 6) is 0.0434. The molecule has 5 heteroatoms. The first-order valence-electron chi connectivity index (χ1n) is 7.96. The van der Waals surface area contributed by atoms with Gasteiger partial charge in [0.05, 0.1) is 12.6 Å². The third kappa shape index (κ3) is 3.67. The van der Waals surface area contributed by atoms with E-state index in [-0.39, 0.29) is 5.91 Å². The number of carbonyl (C=O) groups excluding carboxylic acids is 1. The summed E-state index contributed by atoms with van der Waals surface area (Å²) in [5.41, 5.74) is 3.28. The van der Waals surface area contributed by atoms with Gasteiger partial charge in [-0.3, -0.25) is 9.69 Å². The first kappa shape index (κ1) is 16.3. The molecule has 1 aliphatic rings. The number of rotatable bonds is 4. The van der Waals surface area contributed by atoms with E-state index in [1.54, 1.807) is 0 Å². The molecule has 1 saturated heterocycles. The summed E-state index contributed by atoms with van der Waals surface area (Å²) < 4.78 is 3.16. The Morgan fingerprint density at radius 1 is 1.39 bits per heavy atom. The molecule has 0 aliphatic carbocycles. The van der Waals surface area contributed by atoms with Crippen LogP contribution in [0.2, 0.25) is 0 Å². The molecule has 0 saturated carbocycles. The van der Waals surface area contributed by atoms with Gasteiger partial charge in [-0.1, -0.05) is 22.0 Å². The number of benzene rings is 1. The van der Waals surface area contributed by atoms with Gasteiger partial charge in [-0.25, -0.2) is 0 Å². The highest BCUT2D eigenvalue weighted by atomic mass is 79.9. The van der Waals surface area contributed by atoms with Gasteiger partial charge in [-0.2, -0.15) is 0 Å². The number of aromatic nitrogens is 1. The molecule has 3 rings (SSSR count). The Morgan fingerprint density at radius 3 is 2.91 bits per heavy atom. The minimum absolute atomic E-state index is 0.0434. The molecule has 4 nitrogen and oxygen atoms in total. The topological polar surface area (TPSA) is 37.3 Å². The molecule has 1 N–H and O–H groups in total. The van der Waals surface area contributed by atoms with Crippen LogP contribution in [0.4, 0.5) is 5.69 Å². The lowest BCUT2D eigenvalue weighted by Crippen LogP contribution is -2.33. The molecule has 122 valence electrons. The second kappa shape index (κ2) is 6.89. The van der Waals surface area contributed by atoms with Crippen LogP contribution >= 0.6 is 15.9 Å². The SMILES string of the molecule is Cc1ccc(NC(=O)CN2CCC[C@H]2c2cccn2C)cc1Br. The highest BCUT2D eigenvalue weighted by Crippen LogP contribution is 2.31. The molecule has 1 aliphatic heterocycles. The van der Waals surface area contributed by atoms with Crippen LogP contribution in [0, 0.1) is 6.92 Å². The second-order valence-corrected chi connectivity index (χ2v) is 7.04. The van der Waals surface area contributed by atoms with Gasteiger partial charge in [-0.05, 0) is 56.1 Å². The van der Waals surface area contributed by atoms with Gasteiger partial charge in [0.15, 0.2) is 0 Å². The molecule has 0 radical (unpaired) electrons. The number of anilines is 1. The largest absolute Gasteiger partial charge is 0.353 e. The predicted molar refractivity (Wildman–Crippen MR) is 96.5 cm³/mol. The van der Waals surface area contributed by atoms with Crippen LogP contribution in [0.5, 0.6) is 0 Å². The van der Waals surface area contributed by atoms with Crippen LogP contribution in [-0.2, 0) is 11.8 Å². The standard InChI is InChI=1S/C18H22BrN3O/c1-13-7-8-14(11-15(13)19)20-18(23)12-22-10-4-6-17(22)16-5-3-9-21(16)2/h3,5,7-9,11,17H,4,6,10,12H2,1-2H3,(H,20,23)/t17-/m0/s1. The quantitative estimate of drug-likeness (QED) is 0.880. The minimum atomic E-state index is 0.0434. The summed E-state index contributed by atoms with van der Waals surface area (Å²) in [4.78, 5) is 14.7. The smallest absolute Gasteiger partial charge is 0.238 e. The van der Waals surface area contributed by atoms with E-state index in [4.69, 9.17) is 0 Å². The molecule has 0 unspecified atom stereocenters. The first-order valence-corrected chi connectivity index (χ1v) is 8.75. The van der Waals surface area contributed by atoms with E-state index in [1.165, 1.54) is 5.69 Å². The lowest BCUT2D eigenvalue weighted by Gasteiger charge is -2.24. The van der Waals surface area contributed by atoms with Crippen molar-refractivity contribution in [2.75, 3.05) is 18.4 Å². The molecule has 1 amide bonds. The number of likely N-dealkylation sites (tertiary alicyclic amines) is 1. The van der Waals surface area contributed by atoms with E-state index in [9.17, 15) is 4.79 Å². The third-order valence-electron chi connectivity index (χ3n) is 4.49. The van der Waals surface area contributed by atoms with Crippen molar-refractivity contribution in [3.8, 4) is 0 Å². The monoisotopic (exact) mass is 375 g/mol. The van der Waals surface area contributed by atoms with Crippen molar-refractivity contribution in [1.29, 1.82) is 0 Å². The number of hydrogen-bond acceptors (Lipinski definition) is 2. The zero-order valence-electron chi connectivity index (χ0n) is 13.6. The summed E-state index contributed by atoms with van der Waals surface area (Å²) in [6, 6.07) is 10.4. The number of hydrogen-bond donors (Lipinski definition) is 1. The normalized spacial score (nSPS) is 18.3.